The summed E-state index contributed by atoms with van der Waals surface area (Å²) in [5.74, 6) is -0.899. The van der Waals surface area contributed by atoms with Gasteiger partial charge in [0.2, 0.25) is 0 Å². The van der Waals surface area contributed by atoms with E-state index in [9.17, 15) is 15.0 Å². The Kier molecular flexibility index (Phi) is 4.97. The van der Waals surface area contributed by atoms with Gasteiger partial charge in [0.1, 0.15) is 22.7 Å². The minimum Gasteiger partial charge on any atom is -0.496 e. The molecular weight excluding hydrogens is 382 g/mol. The maximum atomic E-state index is 12.1. The highest BCUT2D eigenvalue weighted by molar-refractivity contribution is 5.91. The molecule has 0 radical (unpaired) electrons. The van der Waals surface area contributed by atoms with Gasteiger partial charge in [0.05, 0.1) is 12.8 Å². The average molecular weight is 403 g/mol. The van der Waals surface area contributed by atoms with Crippen LogP contribution in [0.2, 0.25) is 0 Å². The number of benzene rings is 1. The number of hydrogen-bond acceptors (Lipinski definition) is 5. The van der Waals surface area contributed by atoms with Gasteiger partial charge in [-0.05, 0) is 24.1 Å². The number of pyridine rings is 2. The number of ether oxygens (including phenoxy) is 1. The van der Waals surface area contributed by atoms with E-state index in [4.69, 9.17) is 9.72 Å². The van der Waals surface area contributed by atoms with Gasteiger partial charge in [-0.3, -0.25) is 4.98 Å². The molecule has 0 aliphatic heterocycles. The lowest BCUT2D eigenvalue weighted by Crippen LogP contribution is -2.31. The summed E-state index contributed by atoms with van der Waals surface area (Å²) in [6.07, 6.45) is 3.62. The number of rotatable bonds is 6. The van der Waals surface area contributed by atoms with Gasteiger partial charge in [-0.25, -0.2) is 9.78 Å². The van der Waals surface area contributed by atoms with E-state index < -0.39 is 11.6 Å². The van der Waals surface area contributed by atoms with Gasteiger partial charge in [0.25, 0.3) is 0 Å². The molecule has 0 bridgehead atoms. The van der Waals surface area contributed by atoms with Gasteiger partial charge < -0.3 is 19.4 Å². The van der Waals surface area contributed by atoms with Crippen LogP contribution in [0.3, 0.4) is 0 Å². The lowest BCUT2D eigenvalue weighted by Gasteiger charge is -2.27. The van der Waals surface area contributed by atoms with E-state index in [1.807, 2.05) is 43.3 Å². The molecule has 30 heavy (non-hydrogen) atoms. The fraction of sp³-hybridized carbons (Fsp3) is 0.174. The third-order valence-electron chi connectivity index (χ3n) is 5.18. The largest absolute Gasteiger partial charge is 0.496 e. The predicted molar refractivity (Wildman–Crippen MR) is 111 cm³/mol. The standard InChI is InChI=1S/C23H21N3O4/c1-3-17-21(25-20-13-18(30-2)16(22(27)28)14-26(17)20)23(29,15-9-5-4-6-10-15)19-11-7-8-12-24-19/h4-14,29H,3H2,1-2H3,(H,27,28). The highest BCUT2D eigenvalue weighted by Crippen LogP contribution is 2.38. The van der Waals surface area contributed by atoms with Gasteiger partial charge in [-0.2, -0.15) is 0 Å². The van der Waals surface area contributed by atoms with Crippen LogP contribution in [0.1, 0.15) is 39.9 Å². The number of aliphatic hydroxyl groups is 1. The molecule has 0 saturated heterocycles. The Morgan fingerprint density at radius 3 is 2.50 bits per heavy atom. The first-order chi connectivity index (χ1) is 14.5. The summed E-state index contributed by atoms with van der Waals surface area (Å²) in [5.41, 5.74) is 1.02. The number of nitrogens with zero attached hydrogens (tertiary/aromatic N) is 3. The zero-order chi connectivity index (χ0) is 21.3. The zero-order valence-corrected chi connectivity index (χ0v) is 16.6. The van der Waals surface area contributed by atoms with Gasteiger partial charge in [0.15, 0.2) is 5.60 Å². The highest BCUT2D eigenvalue weighted by atomic mass is 16.5. The van der Waals surface area contributed by atoms with Crippen molar-refractivity contribution in [3.8, 4) is 5.75 Å². The quantitative estimate of drug-likeness (QED) is 0.513. The number of hydrogen-bond donors (Lipinski definition) is 2. The molecule has 4 aromatic rings. The van der Waals surface area contributed by atoms with Crippen LogP contribution in [0.4, 0.5) is 0 Å². The van der Waals surface area contributed by atoms with Crippen LogP contribution < -0.4 is 4.74 Å². The number of methoxy groups -OCH3 is 1. The van der Waals surface area contributed by atoms with Crippen LogP contribution in [0.25, 0.3) is 5.65 Å². The summed E-state index contributed by atoms with van der Waals surface area (Å²) in [7, 11) is 1.41. The first-order valence-corrected chi connectivity index (χ1v) is 9.52. The minimum absolute atomic E-state index is 0.0183. The highest BCUT2D eigenvalue weighted by Gasteiger charge is 2.40. The molecule has 0 amide bonds. The van der Waals surface area contributed by atoms with Crippen molar-refractivity contribution in [2.24, 2.45) is 0 Å². The number of carbonyl (C=O) groups is 1. The normalized spacial score (nSPS) is 13.2. The monoisotopic (exact) mass is 403 g/mol. The summed E-state index contributed by atoms with van der Waals surface area (Å²) >= 11 is 0. The van der Waals surface area contributed by atoms with Gasteiger partial charge >= 0.3 is 5.97 Å². The Labute approximate surface area is 173 Å². The maximum Gasteiger partial charge on any atom is 0.341 e. The van der Waals surface area contributed by atoms with Gasteiger partial charge in [-0.1, -0.05) is 43.3 Å². The second kappa shape index (κ2) is 7.61. The molecule has 0 fully saturated rings. The van der Waals surface area contributed by atoms with Crippen LogP contribution in [-0.2, 0) is 12.0 Å². The van der Waals surface area contributed by atoms with Crippen molar-refractivity contribution in [1.29, 1.82) is 0 Å². The molecule has 2 N–H and O–H groups in total. The summed E-state index contributed by atoms with van der Waals surface area (Å²) < 4.78 is 6.94. The zero-order valence-electron chi connectivity index (χ0n) is 16.6. The molecule has 0 saturated carbocycles. The Bertz CT molecular complexity index is 1160. The molecule has 3 heterocycles. The Hall–Kier alpha value is -3.71. The SMILES string of the molecule is CCc1c(C(O)(c2ccccc2)c2ccccn2)nc2cc(OC)c(C(=O)O)cn12. The third-order valence-corrected chi connectivity index (χ3v) is 5.18. The smallest absolute Gasteiger partial charge is 0.341 e. The molecule has 3 aromatic heterocycles. The average Bonchev–Trinajstić information content (AvgIpc) is 3.16. The topological polar surface area (TPSA) is 97.0 Å². The van der Waals surface area contributed by atoms with Crippen molar-refractivity contribution < 1.29 is 19.7 Å². The summed E-state index contributed by atoms with van der Waals surface area (Å²) in [5, 5.41) is 21.6. The van der Waals surface area contributed by atoms with E-state index in [-0.39, 0.29) is 11.3 Å². The minimum atomic E-state index is -1.61. The number of carboxylic acids is 1. The van der Waals surface area contributed by atoms with Crippen molar-refractivity contribution in [2.45, 2.75) is 18.9 Å². The van der Waals surface area contributed by atoms with E-state index in [2.05, 4.69) is 4.98 Å². The number of carboxylic acid groups (broad SMARTS) is 1. The first-order valence-electron chi connectivity index (χ1n) is 9.52. The molecule has 152 valence electrons. The van der Waals surface area contributed by atoms with Crippen LogP contribution in [-0.4, -0.2) is 37.7 Å². The molecule has 1 aromatic carbocycles. The third kappa shape index (κ3) is 3.00. The van der Waals surface area contributed by atoms with Crippen molar-refractivity contribution in [1.82, 2.24) is 14.4 Å². The Balaban J connectivity index is 2.07. The molecule has 0 aliphatic rings. The second-order valence-electron chi connectivity index (χ2n) is 6.84. The molecular formula is C23H21N3O4. The second-order valence-corrected chi connectivity index (χ2v) is 6.84. The molecule has 4 rings (SSSR count). The Morgan fingerprint density at radius 2 is 1.90 bits per heavy atom. The number of imidazole rings is 1. The molecule has 7 heteroatoms. The molecule has 7 nitrogen and oxygen atoms in total. The van der Waals surface area contributed by atoms with E-state index in [0.29, 0.717) is 34.7 Å². The lowest BCUT2D eigenvalue weighted by molar-refractivity contribution is 0.0692. The van der Waals surface area contributed by atoms with Gasteiger partial charge in [0, 0.05) is 24.2 Å². The number of aromatic carboxylic acids is 1. The van der Waals surface area contributed by atoms with Crippen molar-refractivity contribution in [2.75, 3.05) is 7.11 Å². The molecule has 0 spiro atoms. The Morgan fingerprint density at radius 1 is 1.17 bits per heavy atom. The van der Waals surface area contributed by atoms with E-state index in [1.165, 1.54) is 13.3 Å². The van der Waals surface area contributed by atoms with Crippen molar-refractivity contribution >= 4 is 11.6 Å². The fourth-order valence-electron chi connectivity index (χ4n) is 3.74. The maximum absolute atomic E-state index is 12.1. The van der Waals surface area contributed by atoms with Crippen LogP contribution in [0.5, 0.6) is 5.75 Å². The van der Waals surface area contributed by atoms with E-state index in [0.717, 1.165) is 0 Å². The van der Waals surface area contributed by atoms with Crippen molar-refractivity contribution in [3.05, 3.63) is 95.2 Å². The summed E-state index contributed by atoms with van der Waals surface area (Å²) in [4.78, 5) is 20.8. The van der Waals surface area contributed by atoms with Gasteiger partial charge in [-0.15, -0.1) is 0 Å². The fourth-order valence-corrected chi connectivity index (χ4v) is 3.74. The molecule has 0 aliphatic carbocycles. The van der Waals surface area contributed by atoms with Crippen LogP contribution in [0, 0.1) is 0 Å². The van der Waals surface area contributed by atoms with Crippen LogP contribution in [0.15, 0.2) is 67.0 Å². The predicted octanol–water partition coefficient (Wildman–Crippen LogP) is 3.28. The van der Waals surface area contributed by atoms with Crippen LogP contribution >= 0.6 is 0 Å². The number of aryl methyl sites for hydroxylation is 1. The van der Waals surface area contributed by atoms with Crippen molar-refractivity contribution in [3.63, 3.8) is 0 Å². The summed E-state index contributed by atoms with van der Waals surface area (Å²) in [6, 6.07) is 16.1. The first kappa shape index (κ1) is 19.6. The van der Waals surface area contributed by atoms with E-state index >= 15 is 0 Å². The molecule has 1 atom stereocenters. The lowest BCUT2D eigenvalue weighted by atomic mass is 9.85. The van der Waals surface area contributed by atoms with E-state index in [1.54, 1.807) is 28.8 Å². The number of aromatic nitrogens is 3. The molecule has 1 unspecified atom stereocenters. The summed E-state index contributed by atoms with van der Waals surface area (Å²) in [6.45, 7) is 1.93. The number of fused-ring (bicyclic) bond motifs is 1.